The fourth-order valence-electron chi connectivity index (χ4n) is 1.09. The molecule has 0 aromatic carbocycles. The van der Waals surface area contributed by atoms with Crippen LogP contribution >= 0.6 is 0 Å². The number of methoxy groups -OCH3 is 1. The molecule has 4 nitrogen and oxygen atoms in total. The summed E-state index contributed by atoms with van der Waals surface area (Å²) in [5.41, 5.74) is 7.03. The molecule has 0 fully saturated rings. The van der Waals surface area contributed by atoms with Crippen LogP contribution in [0.5, 0.6) is 0 Å². The normalized spacial score (nSPS) is 12.2. The summed E-state index contributed by atoms with van der Waals surface area (Å²) < 4.78 is 4.53. The molecule has 0 radical (unpaired) electrons. The summed E-state index contributed by atoms with van der Waals surface area (Å²) in [6.45, 7) is 2.00. The van der Waals surface area contributed by atoms with Gasteiger partial charge in [0.05, 0.1) is 7.11 Å². The predicted molar refractivity (Wildman–Crippen MR) is 52.8 cm³/mol. The minimum atomic E-state index is -0.429. The molecule has 0 saturated heterocycles. The quantitative estimate of drug-likeness (QED) is 0.736. The number of esters is 1. The molecule has 1 atom stereocenters. The Balaban J connectivity index is 2.83. The molecule has 1 heterocycles. The minimum Gasteiger partial charge on any atom is -0.464 e. The summed E-state index contributed by atoms with van der Waals surface area (Å²) in [4.78, 5) is 15.0. The van der Waals surface area contributed by atoms with Gasteiger partial charge in [-0.15, -0.1) is 0 Å². The highest BCUT2D eigenvalue weighted by Gasteiger charge is 2.08. The Kier molecular flexibility index (Phi) is 3.59. The number of ether oxygens (including phenoxy) is 1. The lowest BCUT2D eigenvalue weighted by molar-refractivity contribution is 0.0594. The molecule has 1 rings (SSSR count). The van der Waals surface area contributed by atoms with E-state index in [0.29, 0.717) is 5.69 Å². The summed E-state index contributed by atoms with van der Waals surface area (Å²) in [7, 11) is 1.33. The summed E-state index contributed by atoms with van der Waals surface area (Å²) in [5, 5.41) is 0. The molecule has 14 heavy (non-hydrogen) atoms. The molecule has 0 saturated carbocycles. The minimum absolute atomic E-state index is 0.0193. The van der Waals surface area contributed by atoms with Crippen LogP contribution in [0.1, 0.15) is 35.4 Å². The van der Waals surface area contributed by atoms with E-state index < -0.39 is 5.97 Å². The third kappa shape index (κ3) is 2.29. The van der Waals surface area contributed by atoms with Crippen LogP contribution in [0.4, 0.5) is 0 Å². The Morgan fingerprint density at radius 1 is 1.64 bits per heavy atom. The SMILES string of the molecule is CCC(N)c1ccc(C(=O)OC)nc1. The van der Waals surface area contributed by atoms with Crippen molar-refractivity contribution in [1.82, 2.24) is 4.98 Å². The molecule has 0 spiro atoms. The van der Waals surface area contributed by atoms with E-state index in [1.54, 1.807) is 18.3 Å². The number of hydrogen-bond acceptors (Lipinski definition) is 4. The second-order valence-corrected chi connectivity index (χ2v) is 2.98. The molecule has 1 unspecified atom stereocenters. The molecule has 0 aliphatic heterocycles. The van der Waals surface area contributed by atoms with Gasteiger partial charge in [0, 0.05) is 12.2 Å². The maximum Gasteiger partial charge on any atom is 0.356 e. The van der Waals surface area contributed by atoms with Crippen molar-refractivity contribution >= 4 is 5.97 Å². The largest absolute Gasteiger partial charge is 0.464 e. The number of pyridine rings is 1. The van der Waals surface area contributed by atoms with Gasteiger partial charge in [-0.05, 0) is 18.1 Å². The molecule has 0 aliphatic rings. The zero-order chi connectivity index (χ0) is 10.6. The number of carbonyl (C=O) groups is 1. The summed E-state index contributed by atoms with van der Waals surface area (Å²) in [6.07, 6.45) is 2.46. The van der Waals surface area contributed by atoms with Crippen LogP contribution in [0.2, 0.25) is 0 Å². The third-order valence-corrected chi connectivity index (χ3v) is 2.05. The van der Waals surface area contributed by atoms with E-state index >= 15 is 0 Å². The van der Waals surface area contributed by atoms with Crippen molar-refractivity contribution in [2.45, 2.75) is 19.4 Å². The van der Waals surface area contributed by atoms with Crippen molar-refractivity contribution in [3.63, 3.8) is 0 Å². The van der Waals surface area contributed by atoms with Crippen molar-refractivity contribution in [1.29, 1.82) is 0 Å². The Morgan fingerprint density at radius 3 is 2.79 bits per heavy atom. The standard InChI is InChI=1S/C10H14N2O2/c1-3-8(11)7-4-5-9(12-6-7)10(13)14-2/h4-6,8H,3,11H2,1-2H3. The molecule has 0 bridgehead atoms. The summed E-state index contributed by atoms with van der Waals surface area (Å²) >= 11 is 0. The van der Waals surface area contributed by atoms with Gasteiger partial charge in [-0.1, -0.05) is 13.0 Å². The molecule has 76 valence electrons. The van der Waals surface area contributed by atoms with E-state index in [-0.39, 0.29) is 6.04 Å². The molecule has 2 N–H and O–H groups in total. The zero-order valence-electron chi connectivity index (χ0n) is 8.36. The van der Waals surface area contributed by atoms with Crippen LogP contribution in [0, 0.1) is 0 Å². The predicted octanol–water partition coefficient (Wildman–Crippen LogP) is 1.28. The fraction of sp³-hybridized carbons (Fsp3) is 0.400. The van der Waals surface area contributed by atoms with Crippen molar-refractivity contribution < 1.29 is 9.53 Å². The first-order valence-corrected chi connectivity index (χ1v) is 4.49. The van der Waals surface area contributed by atoms with E-state index in [4.69, 9.17) is 5.73 Å². The van der Waals surface area contributed by atoms with Crippen molar-refractivity contribution in [2.75, 3.05) is 7.11 Å². The van der Waals surface area contributed by atoms with Crippen LogP contribution in [-0.4, -0.2) is 18.1 Å². The van der Waals surface area contributed by atoms with Gasteiger partial charge in [-0.2, -0.15) is 0 Å². The van der Waals surface area contributed by atoms with Gasteiger partial charge in [-0.25, -0.2) is 9.78 Å². The van der Waals surface area contributed by atoms with Crippen molar-refractivity contribution in [2.24, 2.45) is 5.73 Å². The molecule has 1 aromatic rings. The monoisotopic (exact) mass is 194 g/mol. The number of aromatic nitrogens is 1. The first-order valence-electron chi connectivity index (χ1n) is 4.49. The lowest BCUT2D eigenvalue weighted by atomic mass is 10.1. The van der Waals surface area contributed by atoms with Crippen LogP contribution in [0.3, 0.4) is 0 Å². The van der Waals surface area contributed by atoms with Gasteiger partial charge >= 0.3 is 5.97 Å². The average Bonchev–Trinajstić information content (AvgIpc) is 2.27. The van der Waals surface area contributed by atoms with E-state index in [9.17, 15) is 4.79 Å². The average molecular weight is 194 g/mol. The van der Waals surface area contributed by atoms with Crippen LogP contribution < -0.4 is 5.73 Å². The third-order valence-electron chi connectivity index (χ3n) is 2.05. The Morgan fingerprint density at radius 2 is 2.36 bits per heavy atom. The van der Waals surface area contributed by atoms with E-state index in [1.807, 2.05) is 6.92 Å². The van der Waals surface area contributed by atoms with Gasteiger partial charge in [0.25, 0.3) is 0 Å². The maximum absolute atomic E-state index is 11.0. The summed E-state index contributed by atoms with van der Waals surface area (Å²) in [6, 6.07) is 3.40. The Hall–Kier alpha value is -1.42. The number of rotatable bonds is 3. The van der Waals surface area contributed by atoms with Crippen molar-refractivity contribution in [3.8, 4) is 0 Å². The topological polar surface area (TPSA) is 65.2 Å². The first-order chi connectivity index (χ1) is 6.69. The summed E-state index contributed by atoms with van der Waals surface area (Å²) in [5.74, 6) is -0.429. The lowest BCUT2D eigenvalue weighted by Gasteiger charge is -2.08. The Labute approximate surface area is 83.1 Å². The molecule has 0 aliphatic carbocycles. The number of carbonyl (C=O) groups excluding carboxylic acids is 1. The number of nitrogens with zero attached hydrogens (tertiary/aromatic N) is 1. The van der Waals surface area contributed by atoms with Gasteiger partial charge < -0.3 is 10.5 Å². The zero-order valence-corrected chi connectivity index (χ0v) is 8.36. The van der Waals surface area contributed by atoms with Gasteiger partial charge in [0.1, 0.15) is 5.69 Å². The van der Waals surface area contributed by atoms with Gasteiger partial charge in [0.15, 0.2) is 0 Å². The highest BCUT2D eigenvalue weighted by Crippen LogP contribution is 2.12. The number of nitrogens with two attached hydrogens (primary N) is 1. The molecule has 4 heteroatoms. The highest BCUT2D eigenvalue weighted by molar-refractivity contribution is 5.86. The smallest absolute Gasteiger partial charge is 0.356 e. The molecule has 0 amide bonds. The second-order valence-electron chi connectivity index (χ2n) is 2.98. The van der Waals surface area contributed by atoms with Crippen LogP contribution in [0.15, 0.2) is 18.3 Å². The lowest BCUT2D eigenvalue weighted by Crippen LogP contribution is -2.10. The second kappa shape index (κ2) is 4.72. The maximum atomic E-state index is 11.0. The van der Waals surface area contributed by atoms with E-state index in [1.165, 1.54) is 7.11 Å². The van der Waals surface area contributed by atoms with E-state index in [0.717, 1.165) is 12.0 Å². The van der Waals surface area contributed by atoms with E-state index in [2.05, 4.69) is 9.72 Å². The Bertz CT molecular complexity index is 308. The van der Waals surface area contributed by atoms with Gasteiger partial charge in [-0.3, -0.25) is 0 Å². The van der Waals surface area contributed by atoms with Crippen LogP contribution in [0.25, 0.3) is 0 Å². The molecule has 1 aromatic heterocycles. The first kappa shape index (κ1) is 10.7. The molecular formula is C10H14N2O2. The van der Waals surface area contributed by atoms with Gasteiger partial charge in [0.2, 0.25) is 0 Å². The fourth-order valence-corrected chi connectivity index (χ4v) is 1.09. The van der Waals surface area contributed by atoms with Crippen molar-refractivity contribution in [3.05, 3.63) is 29.6 Å². The highest BCUT2D eigenvalue weighted by atomic mass is 16.5. The number of hydrogen-bond donors (Lipinski definition) is 1. The molecular weight excluding hydrogens is 180 g/mol. The van der Waals surface area contributed by atoms with Crippen LogP contribution in [-0.2, 0) is 4.74 Å².